The number of allylic oxidation sites excluding steroid dienone is 1. The molecule has 54 heavy (non-hydrogen) atoms. The number of nitrogens with zero attached hydrogens (tertiary/aromatic N) is 1. The average molecular weight is 779 g/mol. The molecule has 0 bridgehead atoms. The molecule has 5 aliphatic rings. The highest BCUT2D eigenvalue weighted by atomic mass is 32.2. The van der Waals surface area contributed by atoms with E-state index in [0.717, 1.165) is 6.42 Å². The number of alkyl carbamates (subject to hydrolysis) is 1. The third-order valence-corrected chi connectivity index (χ3v) is 13.1. The van der Waals surface area contributed by atoms with Crippen LogP contribution in [0.4, 0.5) is 4.79 Å². The Labute approximate surface area is 320 Å². The first-order chi connectivity index (χ1) is 25.3. The zero-order valence-electron chi connectivity index (χ0n) is 31.8. The largest absolute Gasteiger partial charge is 0.486 e. The number of fused-ring (bicyclic) bond motifs is 3. The first-order valence-corrected chi connectivity index (χ1v) is 20.3. The second kappa shape index (κ2) is 14.7. The van der Waals surface area contributed by atoms with E-state index in [2.05, 4.69) is 15.4 Å². The van der Waals surface area contributed by atoms with Gasteiger partial charge in [-0.15, -0.1) is 0 Å². The number of hydrogen-bond donors (Lipinski definition) is 3. The predicted octanol–water partition coefficient (Wildman–Crippen LogP) is 4.10. The molecule has 15 nitrogen and oxygen atoms in total. The van der Waals surface area contributed by atoms with Crippen LogP contribution >= 0.6 is 0 Å². The van der Waals surface area contributed by atoms with Crippen molar-refractivity contribution in [3.05, 3.63) is 35.9 Å². The Hall–Kier alpha value is -4.34. The van der Waals surface area contributed by atoms with Crippen LogP contribution in [0.25, 0.3) is 0 Å². The molecule has 7 atom stereocenters. The molecular weight excluding hydrogens is 721 g/mol. The lowest BCUT2D eigenvalue weighted by Crippen LogP contribution is -2.59. The summed E-state index contributed by atoms with van der Waals surface area (Å²) < 4.78 is 50.0. The van der Waals surface area contributed by atoms with Gasteiger partial charge in [0.1, 0.15) is 42.5 Å². The number of amides is 4. The van der Waals surface area contributed by atoms with E-state index in [1.54, 1.807) is 33.8 Å². The number of hydrogen-bond acceptors (Lipinski definition) is 11. The van der Waals surface area contributed by atoms with E-state index in [1.807, 2.05) is 26.0 Å². The van der Waals surface area contributed by atoms with E-state index in [1.165, 1.54) is 17.0 Å². The maximum Gasteiger partial charge on any atom is 0.408 e. The van der Waals surface area contributed by atoms with Crippen LogP contribution in [0, 0.1) is 17.8 Å². The minimum Gasteiger partial charge on any atom is -0.486 e. The number of rotatable bonds is 6. The smallest absolute Gasteiger partial charge is 0.408 e. The number of carbonyl (C=O) groups excluding carboxylic acids is 5. The monoisotopic (exact) mass is 778 g/mol. The number of benzene rings is 1. The second-order valence-corrected chi connectivity index (χ2v) is 18.9. The fourth-order valence-electron chi connectivity index (χ4n) is 7.42. The molecule has 0 unspecified atom stereocenters. The minimum absolute atomic E-state index is 0. The molecule has 2 saturated carbocycles. The number of ether oxygens (including phenoxy) is 4. The summed E-state index contributed by atoms with van der Waals surface area (Å²) in [6.45, 7) is 11.1. The van der Waals surface area contributed by atoms with E-state index in [9.17, 15) is 32.4 Å². The normalized spacial score (nSPS) is 31.3. The van der Waals surface area contributed by atoms with Gasteiger partial charge in [-0.1, -0.05) is 26.0 Å². The van der Waals surface area contributed by atoms with Crippen LogP contribution < -0.4 is 24.8 Å². The van der Waals surface area contributed by atoms with Crippen LogP contribution in [0.2, 0.25) is 0 Å². The van der Waals surface area contributed by atoms with Crippen molar-refractivity contribution in [3.63, 3.8) is 0 Å². The lowest BCUT2D eigenvalue weighted by atomic mass is 9.88. The molecule has 1 saturated heterocycles. The van der Waals surface area contributed by atoms with Gasteiger partial charge >= 0.3 is 12.1 Å². The van der Waals surface area contributed by atoms with E-state index >= 15 is 0 Å². The molecule has 302 valence electrons. The topological polar surface area (TPSA) is 196 Å². The highest BCUT2D eigenvalue weighted by Gasteiger charge is 2.63. The standard InChI is InChI=1S/C38H52N4O11S.3H2/c1-22-9-7-8-10-25-20-38(25,34(46)41-54(48,49)37(6)13-14-37)40-31(43)27-19-26(52-33(45)24-11-12-28-29(18-24)51-16-15-50-28)21-42(27)32(44)30(23(2)17-22)39-35(47)53-36(3,4)5;;;/h8,10-12,18,22-23,25-27,30H,7,9,13-17,19-21H2,1-6H3,(H,39,47)(H,40,43)(H,41,46);3*1H/b10-8-;;;/t22-,23-,25-,26-,27+,30+,38-;;;/m1.../s1. The van der Waals surface area contributed by atoms with Crippen molar-refractivity contribution >= 4 is 39.8 Å². The lowest BCUT2D eigenvalue weighted by molar-refractivity contribution is -0.142. The second-order valence-electron chi connectivity index (χ2n) is 16.7. The van der Waals surface area contributed by atoms with Gasteiger partial charge in [-0.05, 0) is 96.3 Å². The quantitative estimate of drug-likeness (QED) is 0.278. The lowest BCUT2D eigenvalue weighted by Gasteiger charge is -2.33. The van der Waals surface area contributed by atoms with Crippen LogP contribution in [-0.4, -0.2) is 96.9 Å². The molecule has 0 aromatic heterocycles. The molecular formula is C38H58N4O11S. The summed E-state index contributed by atoms with van der Waals surface area (Å²) in [5.41, 5.74) is -2.24. The summed E-state index contributed by atoms with van der Waals surface area (Å²) in [6, 6.07) is 2.29. The Balaban J connectivity index is 0.00000290. The van der Waals surface area contributed by atoms with Crippen LogP contribution in [0.5, 0.6) is 11.5 Å². The van der Waals surface area contributed by atoms with Gasteiger partial charge in [-0.25, -0.2) is 18.0 Å². The number of carbonyl (C=O) groups is 5. The van der Waals surface area contributed by atoms with Crippen LogP contribution in [0.15, 0.2) is 30.4 Å². The number of esters is 1. The molecule has 3 aliphatic heterocycles. The van der Waals surface area contributed by atoms with E-state index in [4.69, 9.17) is 18.9 Å². The molecule has 0 radical (unpaired) electrons. The van der Waals surface area contributed by atoms with E-state index in [-0.39, 0.29) is 35.1 Å². The predicted molar refractivity (Wildman–Crippen MR) is 201 cm³/mol. The van der Waals surface area contributed by atoms with Crippen molar-refractivity contribution in [3.8, 4) is 11.5 Å². The molecule has 1 aromatic rings. The van der Waals surface area contributed by atoms with Gasteiger partial charge in [0.15, 0.2) is 11.5 Å². The van der Waals surface area contributed by atoms with Gasteiger partial charge in [-0.2, -0.15) is 0 Å². The molecule has 1 aromatic carbocycles. The SMILES string of the molecule is C[C@@H]1CC/C=C\[C@@H]2C[C@@]2(C(=O)NS(=O)(=O)C2(C)CC2)NC(=O)[C@@H]2C[C@@H](OC(=O)c3ccc4c(c3)OCCO4)CN2C(=O)[C@@H](NC(=O)OC(C)(C)C)[C@H](C)C1.[HH].[HH].[HH]. The highest BCUT2D eigenvalue weighted by Crippen LogP contribution is 2.47. The van der Waals surface area contributed by atoms with Gasteiger partial charge in [0.05, 0.1) is 16.9 Å². The minimum atomic E-state index is -4.02. The van der Waals surface area contributed by atoms with Crippen molar-refractivity contribution in [2.24, 2.45) is 17.8 Å². The summed E-state index contributed by atoms with van der Waals surface area (Å²) in [5, 5.41) is 5.58. The van der Waals surface area contributed by atoms with Crippen LogP contribution in [0.1, 0.15) is 101 Å². The summed E-state index contributed by atoms with van der Waals surface area (Å²) in [6.07, 6.45) is 4.83. The number of sulfonamides is 1. The summed E-state index contributed by atoms with van der Waals surface area (Å²) in [7, 11) is -4.02. The van der Waals surface area contributed by atoms with Crippen LogP contribution in [0.3, 0.4) is 0 Å². The molecule has 4 amide bonds. The maximum atomic E-state index is 14.6. The fourth-order valence-corrected chi connectivity index (χ4v) is 8.73. The average Bonchev–Trinajstić information content (AvgIpc) is 3.97. The molecule has 3 fully saturated rings. The van der Waals surface area contributed by atoms with Crippen molar-refractivity contribution in [1.29, 1.82) is 0 Å². The van der Waals surface area contributed by atoms with Crippen molar-refractivity contribution in [2.45, 2.75) is 121 Å². The van der Waals surface area contributed by atoms with Gasteiger partial charge < -0.3 is 34.5 Å². The van der Waals surface area contributed by atoms with Gasteiger partial charge in [0, 0.05) is 16.6 Å². The third kappa shape index (κ3) is 8.47. The molecule has 3 heterocycles. The maximum absolute atomic E-state index is 14.6. The molecule has 16 heteroatoms. The van der Waals surface area contributed by atoms with Crippen molar-refractivity contribution < 1.29 is 55.6 Å². The Bertz CT molecular complexity index is 1840. The number of nitrogens with one attached hydrogen (secondary N) is 3. The van der Waals surface area contributed by atoms with Crippen LogP contribution in [-0.2, 0) is 33.9 Å². The molecule has 0 spiro atoms. The van der Waals surface area contributed by atoms with E-state index < -0.39 is 85.7 Å². The molecule has 2 aliphatic carbocycles. The Morgan fingerprint density at radius 2 is 1.76 bits per heavy atom. The Kier molecular flexibility index (Phi) is 10.7. The Morgan fingerprint density at radius 1 is 1.06 bits per heavy atom. The summed E-state index contributed by atoms with van der Waals surface area (Å²) in [5.74, 6) is -2.73. The van der Waals surface area contributed by atoms with Gasteiger partial charge in [-0.3, -0.25) is 19.1 Å². The van der Waals surface area contributed by atoms with Crippen molar-refractivity contribution in [1.82, 2.24) is 20.3 Å². The summed E-state index contributed by atoms with van der Waals surface area (Å²) >= 11 is 0. The Morgan fingerprint density at radius 3 is 2.44 bits per heavy atom. The van der Waals surface area contributed by atoms with Crippen molar-refractivity contribution in [2.75, 3.05) is 19.8 Å². The third-order valence-electron chi connectivity index (χ3n) is 11.0. The molecule has 3 N–H and O–H groups in total. The molecule has 6 rings (SSSR count). The van der Waals surface area contributed by atoms with Gasteiger partial charge in [0.2, 0.25) is 21.8 Å². The summed E-state index contributed by atoms with van der Waals surface area (Å²) in [4.78, 5) is 70.7. The van der Waals surface area contributed by atoms with E-state index in [0.29, 0.717) is 50.4 Å². The highest BCUT2D eigenvalue weighted by molar-refractivity contribution is 7.91. The zero-order valence-corrected chi connectivity index (χ0v) is 32.6. The fraction of sp³-hybridized carbons (Fsp3) is 0.658. The first kappa shape index (κ1) is 39.4. The van der Waals surface area contributed by atoms with Gasteiger partial charge in [0.25, 0.3) is 5.91 Å². The zero-order chi connectivity index (χ0) is 39.2. The first-order valence-electron chi connectivity index (χ1n) is 18.8.